The predicted molar refractivity (Wildman–Crippen MR) is 119 cm³/mol. The molecule has 5 rings (SSSR count). The first-order chi connectivity index (χ1) is 16.5. The number of likely N-dealkylation sites (tertiary alicyclic amines) is 1. The first-order valence-electron chi connectivity index (χ1n) is 11.7. The number of hydrogen-bond donors (Lipinski definition) is 3. The number of rotatable bonds is 4. The van der Waals surface area contributed by atoms with Crippen LogP contribution in [0.1, 0.15) is 34.5 Å². The highest BCUT2D eigenvalue weighted by Gasteiger charge is 2.69. The number of pyridine rings is 1. The number of nitrogens with two attached hydrogens (primary N) is 1. The highest BCUT2D eigenvalue weighted by molar-refractivity contribution is 6.32. The van der Waals surface area contributed by atoms with Gasteiger partial charge in [0, 0.05) is 18.7 Å². The van der Waals surface area contributed by atoms with E-state index in [-0.39, 0.29) is 24.2 Å². The van der Waals surface area contributed by atoms with Crippen LogP contribution in [0.2, 0.25) is 0 Å². The molecular formula is C24H28N4O7. The molecule has 1 amide bonds. The number of aromatic hydroxyl groups is 1. The average molecular weight is 485 g/mol. The maximum Gasteiger partial charge on any atom is 0.235 e. The van der Waals surface area contributed by atoms with Crippen LogP contribution in [0.3, 0.4) is 0 Å². The molecule has 3 aliphatic carbocycles. The second-order valence-corrected chi connectivity index (χ2v) is 10.4. The fourth-order valence-corrected chi connectivity index (χ4v) is 6.38. The van der Waals surface area contributed by atoms with E-state index in [9.17, 15) is 34.2 Å². The Kier molecular flexibility index (Phi) is 5.42. The maximum atomic E-state index is 13.7. The van der Waals surface area contributed by atoms with Crippen molar-refractivity contribution in [2.45, 2.75) is 37.5 Å². The van der Waals surface area contributed by atoms with Gasteiger partial charge in [0.25, 0.3) is 0 Å². The van der Waals surface area contributed by atoms with Crippen molar-refractivity contribution in [1.29, 1.82) is 0 Å². The summed E-state index contributed by atoms with van der Waals surface area (Å²) in [6.45, 7) is 2.09. The zero-order valence-electron chi connectivity index (χ0n) is 19.6. The van der Waals surface area contributed by atoms with Crippen molar-refractivity contribution in [2.75, 3.05) is 27.2 Å². The van der Waals surface area contributed by atoms with Crippen LogP contribution < -0.4 is 5.73 Å². The Bertz CT molecular complexity index is 1180. The van der Waals surface area contributed by atoms with E-state index in [1.165, 1.54) is 11.1 Å². The van der Waals surface area contributed by atoms with Gasteiger partial charge in [-0.3, -0.25) is 38.8 Å². The van der Waals surface area contributed by atoms with Crippen LogP contribution >= 0.6 is 0 Å². The standard InChI is InChI=1S/C24H28N4O7/c1-27(2)17-12-7-10-6-11-8-26-13(9-28-4-3-5-28)18(29)14(11)19(30)15(10)21(32)24(12,35)22(33)16(20(17)31)23(25)34/h8,10,12,15-17,29,35H,3-7,9H2,1-2H3,(H2,25,34)/t10-,12-,15?,16?,17-,24-/m0/s1. The van der Waals surface area contributed by atoms with Gasteiger partial charge in [0.2, 0.25) is 5.91 Å². The van der Waals surface area contributed by atoms with E-state index in [1.54, 1.807) is 14.1 Å². The van der Waals surface area contributed by atoms with Crippen LogP contribution in [-0.2, 0) is 32.1 Å². The molecule has 1 aliphatic heterocycles. The van der Waals surface area contributed by atoms with Gasteiger partial charge in [-0.1, -0.05) is 0 Å². The summed E-state index contributed by atoms with van der Waals surface area (Å²) < 4.78 is 0. The minimum Gasteiger partial charge on any atom is -0.505 e. The van der Waals surface area contributed by atoms with E-state index in [0.717, 1.165) is 19.5 Å². The molecule has 1 saturated heterocycles. The van der Waals surface area contributed by atoms with Gasteiger partial charge in [-0.2, -0.15) is 0 Å². The normalized spacial score (nSPS) is 34.8. The van der Waals surface area contributed by atoms with Gasteiger partial charge < -0.3 is 15.9 Å². The van der Waals surface area contributed by atoms with Crippen molar-refractivity contribution < 1.29 is 34.2 Å². The quantitative estimate of drug-likeness (QED) is 0.426. The fraction of sp³-hybridized carbons (Fsp3) is 0.583. The molecule has 0 radical (unpaired) electrons. The SMILES string of the molecule is CN(C)[C@@H]1C(=O)C(C(N)=O)C(=O)[C@@]2(O)C(=O)C3C(=O)c4c(cnc(CN5CCC5)c4O)C[C@H]3C[C@@H]12. The van der Waals surface area contributed by atoms with Crippen molar-refractivity contribution in [1.82, 2.24) is 14.8 Å². The van der Waals surface area contributed by atoms with Gasteiger partial charge in [0.05, 0.1) is 23.2 Å². The number of Topliss-reactive ketones (excluding diaryl/α,β-unsaturated/α-hetero) is 4. The van der Waals surface area contributed by atoms with E-state index in [2.05, 4.69) is 9.88 Å². The van der Waals surface area contributed by atoms with Crippen LogP contribution in [0.25, 0.3) is 0 Å². The topological polar surface area (TPSA) is 171 Å². The predicted octanol–water partition coefficient (Wildman–Crippen LogP) is -1.53. The average Bonchev–Trinajstić information content (AvgIpc) is 2.74. The summed E-state index contributed by atoms with van der Waals surface area (Å²) in [6.07, 6.45) is 2.82. The molecule has 1 aromatic heterocycles. The monoisotopic (exact) mass is 484 g/mol. The number of nitrogens with zero attached hydrogens (tertiary/aromatic N) is 3. The third kappa shape index (κ3) is 3.21. The molecule has 0 bridgehead atoms. The number of fused-ring (bicyclic) bond motifs is 3. The van der Waals surface area contributed by atoms with Gasteiger partial charge in [-0.05, 0) is 57.9 Å². The number of likely N-dealkylation sites (N-methyl/N-ethyl adjacent to an activating group) is 1. The van der Waals surface area contributed by atoms with Crippen molar-refractivity contribution >= 4 is 29.0 Å². The summed E-state index contributed by atoms with van der Waals surface area (Å²) in [6, 6.07) is -1.11. The van der Waals surface area contributed by atoms with Crippen molar-refractivity contribution in [3.63, 3.8) is 0 Å². The molecule has 2 unspecified atom stereocenters. The number of ketones is 4. The minimum atomic E-state index is -2.71. The number of carbonyl (C=O) groups excluding carboxylic acids is 5. The van der Waals surface area contributed by atoms with Crippen molar-refractivity contribution in [3.8, 4) is 5.75 Å². The summed E-state index contributed by atoms with van der Waals surface area (Å²) in [5.74, 6) is -10.4. The van der Waals surface area contributed by atoms with Crippen LogP contribution in [0.4, 0.5) is 0 Å². The van der Waals surface area contributed by atoms with Crippen LogP contribution in [-0.4, -0.2) is 92.9 Å². The first kappa shape index (κ1) is 23.7. The van der Waals surface area contributed by atoms with Crippen molar-refractivity contribution in [3.05, 3.63) is 23.0 Å². The molecule has 4 N–H and O–H groups in total. The number of aromatic nitrogens is 1. The summed E-state index contributed by atoms with van der Waals surface area (Å²) in [5.41, 5.74) is 3.42. The van der Waals surface area contributed by atoms with E-state index in [4.69, 9.17) is 5.73 Å². The third-order valence-electron chi connectivity index (χ3n) is 8.20. The number of amides is 1. The van der Waals surface area contributed by atoms with E-state index >= 15 is 0 Å². The molecule has 11 heteroatoms. The highest BCUT2D eigenvalue weighted by atomic mass is 16.3. The summed E-state index contributed by atoms with van der Waals surface area (Å²) in [5, 5.41) is 22.5. The van der Waals surface area contributed by atoms with Crippen molar-refractivity contribution in [2.24, 2.45) is 29.4 Å². The third-order valence-corrected chi connectivity index (χ3v) is 8.20. The Labute approximate surface area is 201 Å². The fourth-order valence-electron chi connectivity index (χ4n) is 6.38. The zero-order chi connectivity index (χ0) is 25.4. The molecule has 2 saturated carbocycles. The van der Waals surface area contributed by atoms with Gasteiger partial charge in [-0.15, -0.1) is 0 Å². The van der Waals surface area contributed by atoms with Gasteiger partial charge in [-0.25, -0.2) is 0 Å². The Hall–Kier alpha value is -3.02. The lowest BCUT2D eigenvalue weighted by Gasteiger charge is -2.52. The molecule has 2 heterocycles. The molecule has 35 heavy (non-hydrogen) atoms. The Morgan fingerprint density at radius 3 is 2.49 bits per heavy atom. The Balaban J connectivity index is 1.57. The lowest BCUT2D eigenvalue weighted by atomic mass is 9.52. The molecule has 6 atom stereocenters. The molecule has 4 aliphatic rings. The molecule has 0 spiro atoms. The van der Waals surface area contributed by atoms with E-state index in [0.29, 0.717) is 17.8 Å². The Morgan fingerprint density at radius 1 is 1.23 bits per heavy atom. The number of carbonyl (C=O) groups is 5. The summed E-state index contributed by atoms with van der Waals surface area (Å²) >= 11 is 0. The molecule has 3 fully saturated rings. The van der Waals surface area contributed by atoms with E-state index in [1.807, 2.05) is 0 Å². The molecule has 0 aromatic carbocycles. The number of primary amides is 1. The largest absolute Gasteiger partial charge is 0.505 e. The van der Waals surface area contributed by atoms with Gasteiger partial charge >= 0.3 is 0 Å². The van der Waals surface area contributed by atoms with E-state index < -0.39 is 64.4 Å². The summed E-state index contributed by atoms with van der Waals surface area (Å²) in [4.78, 5) is 73.5. The lowest BCUT2D eigenvalue weighted by Crippen LogP contribution is -2.74. The molecule has 1 aromatic rings. The minimum absolute atomic E-state index is 0.0119. The number of hydrogen-bond acceptors (Lipinski definition) is 10. The molecular weight excluding hydrogens is 456 g/mol. The maximum absolute atomic E-state index is 13.7. The zero-order valence-corrected chi connectivity index (χ0v) is 19.6. The van der Waals surface area contributed by atoms with Crippen LogP contribution in [0, 0.1) is 23.7 Å². The first-order valence-corrected chi connectivity index (χ1v) is 11.7. The molecule has 186 valence electrons. The van der Waals surface area contributed by atoms with Crippen LogP contribution in [0.5, 0.6) is 5.75 Å². The second-order valence-electron chi connectivity index (χ2n) is 10.4. The lowest BCUT2D eigenvalue weighted by molar-refractivity contribution is -0.181. The van der Waals surface area contributed by atoms with Gasteiger partial charge in [0.1, 0.15) is 5.75 Å². The molecule has 11 nitrogen and oxygen atoms in total. The van der Waals surface area contributed by atoms with Gasteiger partial charge in [0.15, 0.2) is 34.7 Å². The smallest absolute Gasteiger partial charge is 0.235 e. The number of aliphatic hydroxyl groups is 1. The summed E-state index contributed by atoms with van der Waals surface area (Å²) in [7, 11) is 3.10. The Morgan fingerprint density at radius 2 is 1.91 bits per heavy atom. The van der Waals surface area contributed by atoms with Crippen LogP contribution in [0.15, 0.2) is 6.20 Å². The second kappa shape index (κ2) is 8.00. The highest BCUT2D eigenvalue weighted by Crippen LogP contribution is 2.50.